The molecule has 0 bridgehead atoms. The maximum absolute atomic E-state index is 12.8. The highest BCUT2D eigenvalue weighted by atomic mass is 16.6. The molecule has 350 valence electrons. The Labute approximate surface area is 368 Å². The Balaban J connectivity index is 4.30. The number of unbranched alkanes of at least 4 members (excludes halogenated alkanes) is 32. The predicted octanol–water partition coefficient (Wildman–Crippen LogP) is 16.9. The van der Waals surface area contributed by atoms with E-state index in [0.29, 0.717) is 19.3 Å². The molecule has 0 aliphatic heterocycles. The van der Waals surface area contributed by atoms with Gasteiger partial charge in [0.05, 0.1) is 0 Å². The van der Waals surface area contributed by atoms with Crippen molar-refractivity contribution in [3.63, 3.8) is 0 Å². The number of hydrogen-bond acceptors (Lipinski definition) is 6. The van der Waals surface area contributed by atoms with Crippen LogP contribution in [0, 0.1) is 11.8 Å². The second-order valence-electron chi connectivity index (χ2n) is 19.1. The van der Waals surface area contributed by atoms with E-state index >= 15 is 0 Å². The fourth-order valence-electron chi connectivity index (χ4n) is 7.99. The number of esters is 3. The van der Waals surface area contributed by atoms with Gasteiger partial charge in [-0.25, -0.2) is 0 Å². The van der Waals surface area contributed by atoms with Crippen molar-refractivity contribution in [2.24, 2.45) is 11.8 Å². The molecule has 0 aromatic heterocycles. The lowest BCUT2D eigenvalue weighted by Gasteiger charge is -2.18. The van der Waals surface area contributed by atoms with Crippen molar-refractivity contribution in [2.75, 3.05) is 13.2 Å². The molecule has 0 saturated carbocycles. The predicted molar refractivity (Wildman–Crippen MR) is 252 cm³/mol. The van der Waals surface area contributed by atoms with Gasteiger partial charge in [-0.1, -0.05) is 253 Å². The lowest BCUT2D eigenvalue weighted by molar-refractivity contribution is -0.167. The summed E-state index contributed by atoms with van der Waals surface area (Å²) in [5, 5.41) is 0. The Morgan fingerprint density at radius 1 is 0.322 bits per heavy atom. The first-order valence-corrected chi connectivity index (χ1v) is 26.2. The molecule has 0 heterocycles. The quantitative estimate of drug-likeness (QED) is 0.0345. The fraction of sp³-hybridized carbons (Fsp3) is 0.943. The van der Waals surface area contributed by atoms with Gasteiger partial charge in [0, 0.05) is 19.3 Å². The van der Waals surface area contributed by atoms with Gasteiger partial charge in [-0.15, -0.1) is 0 Å². The lowest BCUT2D eigenvalue weighted by atomic mass is 10.0. The summed E-state index contributed by atoms with van der Waals surface area (Å²) in [5.74, 6) is 0.786. The van der Waals surface area contributed by atoms with Gasteiger partial charge in [0.2, 0.25) is 0 Å². The molecule has 6 nitrogen and oxygen atoms in total. The molecule has 59 heavy (non-hydrogen) atoms. The molecule has 0 saturated heterocycles. The van der Waals surface area contributed by atoms with Crippen LogP contribution in [0.2, 0.25) is 0 Å². The Morgan fingerprint density at radius 2 is 0.559 bits per heavy atom. The van der Waals surface area contributed by atoms with Crippen LogP contribution in [0.25, 0.3) is 0 Å². The minimum atomic E-state index is -0.762. The lowest BCUT2D eigenvalue weighted by Crippen LogP contribution is -2.30. The van der Waals surface area contributed by atoms with Crippen LogP contribution in [0.5, 0.6) is 0 Å². The standard InChI is InChI=1S/C53H102O6/c1-6-7-8-9-10-11-12-13-16-19-22-28-33-38-43-51(54)57-46-50(47-58-52(55)44-39-34-29-25-24-27-32-37-42-49(4)5)59-53(56)45-40-35-30-23-20-17-14-15-18-21-26-31-36-41-48(2)3/h48-50H,6-47H2,1-5H3/t50-/m1/s1. The summed E-state index contributed by atoms with van der Waals surface area (Å²) in [6, 6.07) is 0. The highest BCUT2D eigenvalue weighted by molar-refractivity contribution is 5.71. The Morgan fingerprint density at radius 3 is 0.831 bits per heavy atom. The molecular formula is C53H102O6. The molecule has 0 aliphatic carbocycles. The van der Waals surface area contributed by atoms with Crippen molar-refractivity contribution in [1.29, 1.82) is 0 Å². The largest absolute Gasteiger partial charge is 0.462 e. The van der Waals surface area contributed by atoms with Crippen LogP contribution in [-0.4, -0.2) is 37.2 Å². The zero-order valence-corrected chi connectivity index (χ0v) is 40.4. The van der Waals surface area contributed by atoms with E-state index in [4.69, 9.17) is 14.2 Å². The van der Waals surface area contributed by atoms with Crippen LogP contribution < -0.4 is 0 Å². The molecule has 0 fully saturated rings. The van der Waals surface area contributed by atoms with Crippen molar-refractivity contribution in [2.45, 2.75) is 298 Å². The van der Waals surface area contributed by atoms with Gasteiger partial charge in [-0.3, -0.25) is 14.4 Å². The van der Waals surface area contributed by atoms with Gasteiger partial charge in [0.15, 0.2) is 6.10 Å². The van der Waals surface area contributed by atoms with Crippen LogP contribution in [0.4, 0.5) is 0 Å². The smallest absolute Gasteiger partial charge is 0.306 e. The van der Waals surface area contributed by atoms with E-state index < -0.39 is 6.10 Å². The second kappa shape index (κ2) is 45.9. The van der Waals surface area contributed by atoms with Crippen molar-refractivity contribution >= 4 is 17.9 Å². The van der Waals surface area contributed by atoms with Crippen LogP contribution in [-0.2, 0) is 28.6 Å². The molecule has 0 rings (SSSR count). The Bertz CT molecular complexity index is 900. The number of carbonyl (C=O) groups is 3. The third-order valence-electron chi connectivity index (χ3n) is 12.0. The average molecular weight is 835 g/mol. The van der Waals surface area contributed by atoms with Crippen molar-refractivity contribution in [1.82, 2.24) is 0 Å². The van der Waals surface area contributed by atoms with E-state index in [9.17, 15) is 14.4 Å². The molecule has 0 amide bonds. The summed E-state index contributed by atoms with van der Waals surface area (Å²) < 4.78 is 16.8. The summed E-state index contributed by atoms with van der Waals surface area (Å²) in [5.41, 5.74) is 0. The normalized spacial score (nSPS) is 12.1. The van der Waals surface area contributed by atoms with Gasteiger partial charge < -0.3 is 14.2 Å². The first-order valence-electron chi connectivity index (χ1n) is 26.2. The Hall–Kier alpha value is -1.59. The summed E-state index contributed by atoms with van der Waals surface area (Å²) >= 11 is 0. The summed E-state index contributed by atoms with van der Waals surface area (Å²) in [7, 11) is 0. The number of rotatable bonds is 47. The fourth-order valence-corrected chi connectivity index (χ4v) is 7.99. The third kappa shape index (κ3) is 47.3. The first kappa shape index (κ1) is 57.4. The summed E-state index contributed by atoms with van der Waals surface area (Å²) in [6.45, 7) is 11.4. The van der Waals surface area contributed by atoms with Crippen LogP contribution in [0.3, 0.4) is 0 Å². The molecule has 0 aromatic rings. The topological polar surface area (TPSA) is 78.9 Å². The molecule has 0 aromatic carbocycles. The zero-order chi connectivity index (χ0) is 43.3. The molecule has 0 spiro atoms. The monoisotopic (exact) mass is 835 g/mol. The molecule has 0 aliphatic rings. The van der Waals surface area contributed by atoms with Crippen LogP contribution in [0.1, 0.15) is 291 Å². The average Bonchev–Trinajstić information content (AvgIpc) is 3.20. The molecule has 0 unspecified atom stereocenters. The highest BCUT2D eigenvalue weighted by Crippen LogP contribution is 2.17. The minimum Gasteiger partial charge on any atom is -0.462 e. The van der Waals surface area contributed by atoms with Gasteiger partial charge >= 0.3 is 17.9 Å². The minimum absolute atomic E-state index is 0.0637. The zero-order valence-electron chi connectivity index (χ0n) is 40.4. The van der Waals surface area contributed by atoms with Crippen molar-refractivity contribution < 1.29 is 28.6 Å². The Kier molecular flexibility index (Phi) is 44.7. The molecular weight excluding hydrogens is 733 g/mol. The molecule has 0 radical (unpaired) electrons. The van der Waals surface area contributed by atoms with Crippen LogP contribution >= 0.6 is 0 Å². The number of hydrogen-bond donors (Lipinski definition) is 0. The van der Waals surface area contributed by atoms with Crippen LogP contribution in [0.15, 0.2) is 0 Å². The van der Waals surface area contributed by atoms with E-state index in [0.717, 1.165) is 69.6 Å². The van der Waals surface area contributed by atoms with E-state index in [1.54, 1.807) is 0 Å². The van der Waals surface area contributed by atoms with E-state index in [1.807, 2.05) is 0 Å². The van der Waals surface area contributed by atoms with Gasteiger partial charge in [-0.2, -0.15) is 0 Å². The third-order valence-corrected chi connectivity index (χ3v) is 12.0. The van der Waals surface area contributed by atoms with E-state index in [-0.39, 0.29) is 31.1 Å². The maximum atomic E-state index is 12.8. The van der Waals surface area contributed by atoms with Gasteiger partial charge in [-0.05, 0) is 31.1 Å². The summed E-state index contributed by atoms with van der Waals surface area (Å²) in [4.78, 5) is 37.9. The van der Waals surface area contributed by atoms with Gasteiger partial charge in [0.25, 0.3) is 0 Å². The molecule has 1 atom stereocenters. The number of ether oxygens (including phenoxy) is 3. The first-order chi connectivity index (χ1) is 28.7. The van der Waals surface area contributed by atoms with Gasteiger partial charge in [0.1, 0.15) is 13.2 Å². The number of carbonyl (C=O) groups excluding carboxylic acids is 3. The SMILES string of the molecule is CCCCCCCCCCCCCCCCC(=O)OC[C@H](COC(=O)CCCCCCCCCCC(C)C)OC(=O)CCCCCCCCCCCCCCCC(C)C. The van der Waals surface area contributed by atoms with Crippen molar-refractivity contribution in [3.8, 4) is 0 Å². The molecule has 6 heteroatoms. The summed E-state index contributed by atoms with van der Waals surface area (Å²) in [6.07, 6.45) is 46.6. The second-order valence-corrected chi connectivity index (χ2v) is 19.1. The van der Waals surface area contributed by atoms with E-state index in [2.05, 4.69) is 34.6 Å². The van der Waals surface area contributed by atoms with E-state index in [1.165, 1.54) is 180 Å². The van der Waals surface area contributed by atoms with Crippen molar-refractivity contribution in [3.05, 3.63) is 0 Å². The highest BCUT2D eigenvalue weighted by Gasteiger charge is 2.19. The maximum Gasteiger partial charge on any atom is 0.306 e. The molecule has 0 N–H and O–H groups in total.